The Morgan fingerprint density at radius 3 is 2.35 bits per heavy atom. The highest BCUT2D eigenvalue weighted by molar-refractivity contribution is 6.30. The number of ether oxygens (including phenoxy) is 2. The molecule has 2 N–H and O–H groups in total. The number of H-pyrrole nitrogens is 1. The molecule has 0 fully saturated rings. The molecule has 3 rings (SSSR count). The van der Waals surface area contributed by atoms with Gasteiger partial charge in [0.15, 0.2) is 5.69 Å². The average Bonchev–Trinajstić information content (AvgIpc) is 3.09. The van der Waals surface area contributed by atoms with E-state index in [4.69, 9.17) is 21.1 Å². The first-order valence-corrected chi connectivity index (χ1v) is 8.27. The summed E-state index contributed by atoms with van der Waals surface area (Å²) in [6, 6.07) is 14.1. The fraction of sp³-hybridized carbons (Fsp3) is 0.158. The number of aromatic nitrogens is 2. The molecule has 1 heterocycles. The number of carbonyl (C=O) groups is 1. The zero-order valence-corrected chi connectivity index (χ0v) is 14.8. The van der Waals surface area contributed by atoms with Gasteiger partial charge < -0.3 is 19.6 Å². The Kier molecular flexibility index (Phi) is 5.55. The monoisotopic (exact) mass is 372 g/mol. The highest BCUT2D eigenvalue weighted by Gasteiger charge is 2.19. The lowest BCUT2D eigenvalue weighted by Crippen LogP contribution is -2.03. The van der Waals surface area contributed by atoms with Gasteiger partial charge in [0.2, 0.25) is 0 Å². The van der Waals surface area contributed by atoms with Crippen LogP contribution < -0.4 is 4.74 Å². The zero-order chi connectivity index (χ0) is 18.5. The van der Waals surface area contributed by atoms with Crippen LogP contribution in [0.4, 0.5) is 0 Å². The van der Waals surface area contributed by atoms with Crippen LogP contribution in [0.2, 0.25) is 5.02 Å². The van der Waals surface area contributed by atoms with E-state index in [1.54, 1.807) is 43.5 Å². The van der Waals surface area contributed by atoms with E-state index in [0.29, 0.717) is 41.1 Å². The van der Waals surface area contributed by atoms with E-state index in [2.05, 4.69) is 9.97 Å². The largest absolute Gasteiger partial charge is 0.491 e. The highest BCUT2D eigenvalue weighted by atomic mass is 35.5. The molecular weight excluding hydrogens is 356 g/mol. The Morgan fingerprint density at radius 1 is 1.08 bits per heavy atom. The number of halogens is 1. The van der Waals surface area contributed by atoms with Crippen molar-refractivity contribution in [2.75, 3.05) is 20.3 Å². The first-order valence-electron chi connectivity index (χ1n) is 7.90. The Balaban J connectivity index is 1.90. The number of benzene rings is 2. The molecule has 3 aromatic rings. The lowest BCUT2D eigenvalue weighted by atomic mass is 10.1. The number of nitrogens with zero attached hydrogens (tertiary/aromatic N) is 1. The van der Waals surface area contributed by atoms with E-state index in [1.807, 2.05) is 12.1 Å². The van der Waals surface area contributed by atoms with E-state index in [-0.39, 0.29) is 5.69 Å². The number of hydrogen-bond donors (Lipinski definition) is 2. The van der Waals surface area contributed by atoms with Crippen LogP contribution >= 0.6 is 11.6 Å². The van der Waals surface area contributed by atoms with Crippen molar-refractivity contribution < 1.29 is 19.4 Å². The van der Waals surface area contributed by atoms with E-state index in [0.717, 1.165) is 5.56 Å². The maximum atomic E-state index is 11.6. The fourth-order valence-corrected chi connectivity index (χ4v) is 2.57. The minimum absolute atomic E-state index is 0.0391. The van der Waals surface area contributed by atoms with Crippen LogP contribution in [-0.4, -0.2) is 41.4 Å². The third-order valence-electron chi connectivity index (χ3n) is 3.72. The average molecular weight is 373 g/mol. The first kappa shape index (κ1) is 18.0. The van der Waals surface area contributed by atoms with Crippen LogP contribution in [0.1, 0.15) is 10.5 Å². The van der Waals surface area contributed by atoms with Crippen molar-refractivity contribution >= 4 is 17.6 Å². The number of imidazole rings is 1. The first-order chi connectivity index (χ1) is 12.6. The summed E-state index contributed by atoms with van der Waals surface area (Å²) in [5.41, 5.74) is 1.85. The van der Waals surface area contributed by atoms with Gasteiger partial charge in [-0.2, -0.15) is 0 Å². The summed E-state index contributed by atoms with van der Waals surface area (Å²) < 4.78 is 10.5. The molecule has 0 bridgehead atoms. The van der Waals surface area contributed by atoms with Gasteiger partial charge in [0.25, 0.3) is 0 Å². The van der Waals surface area contributed by atoms with E-state index in [9.17, 15) is 9.90 Å². The maximum Gasteiger partial charge on any atom is 0.356 e. The van der Waals surface area contributed by atoms with Crippen molar-refractivity contribution in [3.8, 4) is 28.4 Å². The highest BCUT2D eigenvalue weighted by Crippen LogP contribution is 2.28. The van der Waals surface area contributed by atoms with Crippen LogP contribution in [-0.2, 0) is 4.74 Å². The third kappa shape index (κ3) is 4.04. The molecule has 0 aliphatic heterocycles. The number of rotatable bonds is 7. The van der Waals surface area contributed by atoms with E-state index < -0.39 is 5.97 Å². The number of nitrogens with one attached hydrogen (secondary N) is 1. The SMILES string of the molecule is COCCOc1ccc(-c2nc(C(=O)O)c(-c3ccc(Cl)cc3)[nH]2)cc1. The minimum Gasteiger partial charge on any atom is -0.491 e. The standard InChI is InChI=1S/C19H17ClN2O4/c1-25-10-11-26-15-8-4-13(5-9-15)18-21-16(17(22-18)19(23)24)12-2-6-14(20)7-3-12/h2-9H,10-11H2,1H3,(H,21,22)(H,23,24). The van der Waals surface area contributed by atoms with Crippen LogP contribution in [0.3, 0.4) is 0 Å². The molecule has 26 heavy (non-hydrogen) atoms. The predicted molar refractivity (Wildman–Crippen MR) is 98.8 cm³/mol. The summed E-state index contributed by atoms with van der Waals surface area (Å²) >= 11 is 5.90. The van der Waals surface area contributed by atoms with Gasteiger partial charge in [0.05, 0.1) is 12.3 Å². The molecule has 0 amide bonds. The molecule has 0 aliphatic rings. The van der Waals surface area contributed by atoms with Gasteiger partial charge in [-0.25, -0.2) is 9.78 Å². The summed E-state index contributed by atoms with van der Waals surface area (Å²) in [6.07, 6.45) is 0. The van der Waals surface area contributed by atoms with Gasteiger partial charge >= 0.3 is 5.97 Å². The summed E-state index contributed by atoms with van der Waals surface area (Å²) in [4.78, 5) is 18.9. The second-order valence-corrected chi connectivity index (χ2v) is 5.92. The predicted octanol–water partition coefficient (Wildman–Crippen LogP) is 4.12. The molecule has 0 spiro atoms. The Bertz CT molecular complexity index is 889. The molecule has 0 unspecified atom stereocenters. The molecule has 7 heteroatoms. The Hall–Kier alpha value is -2.83. The smallest absolute Gasteiger partial charge is 0.356 e. The van der Waals surface area contributed by atoms with Gasteiger partial charge in [0, 0.05) is 23.3 Å². The van der Waals surface area contributed by atoms with Gasteiger partial charge in [0.1, 0.15) is 18.2 Å². The lowest BCUT2D eigenvalue weighted by molar-refractivity contribution is 0.0692. The van der Waals surface area contributed by atoms with E-state index >= 15 is 0 Å². The molecule has 0 radical (unpaired) electrons. The van der Waals surface area contributed by atoms with Crippen LogP contribution in [0, 0.1) is 0 Å². The molecule has 2 aromatic carbocycles. The number of aromatic carboxylic acids is 1. The molecule has 0 atom stereocenters. The molecule has 0 saturated carbocycles. The summed E-state index contributed by atoms with van der Waals surface area (Å²) in [5.74, 6) is 0.0708. The molecule has 1 aromatic heterocycles. The molecular formula is C19H17ClN2O4. The summed E-state index contributed by atoms with van der Waals surface area (Å²) in [6.45, 7) is 0.965. The molecule has 134 valence electrons. The Labute approximate surface area is 155 Å². The van der Waals surface area contributed by atoms with Gasteiger partial charge in [-0.05, 0) is 36.4 Å². The third-order valence-corrected chi connectivity index (χ3v) is 3.98. The van der Waals surface area contributed by atoms with Crippen molar-refractivity contribution in [1.29, 1.82) is 0 Å². The van der Waals surface area contributed by atoms with Crippen molar-refractivity contribution in [1.82, 2.24) is 9.97 Å². The quantitative estimate of drug-likeness (QED) is 0.609. The summed E-state index contributed by atoms with van der Waals surface area (Å²) in [7, 11) is 1.61. The fourth-order valence-electron chi connectivity index (χ4n) is 2.44. The van der Waals surface area contributed by atoms with E-state index in [1.165, 1.54) is 0 Å². The van der Waals surface area contributed by atoms with Crippen molar-refractivity contribution in [3.63, 3.8) is 0 Å². The number of hydrogen-bond acceptors (Lipinski definition) is 4. The second kappa shape index (κ2) is 8.03. The number of aromatic amines is 1. The number of methoxy groups -OCH3 is 1. The molecule has 0 aliphatic carbocycles. The van der Waals surface area contributed by atoms with Crippen LogP contribution in [0.25, 0.3) is 22.6 Å². The zero-order valence-electron chi connectivity index (χ0n) is 14.0. The van der Waals surface area contributed by atoms with Crippen molar-refractivity contribution in [2.45, 2.75) is 0 Å². The van der Waals surface area contributed by atoms with Crippen molar-refractivity contribution in [2.24, 2.45) is 0 Å². The summed E-state index contributed by atoms with van der Waals surface area (Å²) in [5, 5.41) is 10.0. The molecule has 0 saturated heterocycles. The molecule has 6 nitrogen and oxygen atoms in total. The maximum absolute atomic E-state index is 11.6. The normalized spacial score (nSPS) is 10.7. The minimum atomic E-state index is -1.10. The van der Waals surface area contributed by atoms with Gasteiger partial charge in [-0.1, -0.05) is 23.7 Å². The second-order valence-electron chi connectivity index (χ2n) is 5.49. The number of carboxylic acid groups (broad SMARTS) is 1. The topological polar surface area (TPSA) is 84.4 Å². The van der Waals surface area contributed by atoms with Gasteiger partial charge in [-0.15, -0.1) is 0 Å². The van der Waals surface area contributed by atoms with Crippen molar-refractivity contribution in [3.05, 3.63) is 59.2 Å². The number of carboxylic acids is 1. The Morgan fingerprint density at radius 2 is 1.73 bits per heavy atom. The van der Waals surface area contributed by atoms with Gasteiger partial charge in [-0.3, -0.25) is 0 Å². The van der Waals surface area contributed by atoms with Crippen LogP contribution in [0.15, 0.2) is 48.5 Å². The van der Waals surface area contributed by atoms with Crippen LogP contribution in [0.5, 0.6) is 5.75 Å². The lowest BCUT2D eigenvalue weighted by Gasteiger charge is -2.05.